The molecule has 2 fully saturated rings. The molecule has 2 aromatic rings. The molecule has 132 valence electrons. The van der Waals surface area contributed by atoms with Crippen LogP contribution in [0.25, 0.3) is 10.9 Å². The molecular weight excluding hydrogens is 316 g/mol. The first-order valence-corrected chi connectivity index (χ1v) is 9.16. The maximum Gasteiger partial charge on any atom is 0.326 e. The molecule has 4 rings (SSSR count). The van der Waals surface area contributed by atoms with Gasteiger partial charge < -0.3 is 15.0 Å². The van der Waals surface area contributed by atoms with Crippen molar-refractivity contribution in [1.82, 2.24) is 9.88 Å². The molecule has 2 heterocycles. The number of H-pyrrole nitrogens is 1. The topological polar surface area (TPSA) is 73.4 Å². The van der Waals surface area contributed by atoms with E-state index < -0.39 is 12.0 Å². The number of carboxylic acids is 1. The van der Waals surface area contributed by atoms with Crippen molar-refractivity contribution in [3.63, 3.8) is 0 Å². The number of aromatic nitrogens is 1. The van der Waals surface area contributed by atoms with Crippen molar-refractivity contribution in [2.75, 3.05) is 0 Å². The van der Waals surface area contributed by atoms with E-state index in [-0.39, 0.29) is 18.4 Å². The zero-order valence-corrected chi connectivity index (χ0v) is 14.5. The van der Waals surface area contributed by atoms with Crippen molar-refractivity contribution in [2.45, 2.75) is 57.5 Å². The summed E-state index contributed by atoms with van der Waals surface area (Å²) in [6, 6.07) is 7.40. The zero-order chi connectivity index (χ0) is 17.6. The van der Waals surface area contributed by atoms with Crippen molar-refractivity contribution in [1.29, 1.82) is 0 Å². The molecule has 1 aliphatic heterocycles. The molecule has 3 atom stereocenters. The number of hydrogen-bond donors (Lipinski definition) is 2. The van der Waals surface area contributed by atoms with E-state index in [4.69, 9.17) is 0 Å². The summed E-state index contributed by atoms with van der Waals surface area (Å²) < 4.78 is 0. The lowest BCUT2D eigenvalue weighted by atomic mass is 9.84. The van der Waals surface area contributed by atoms with E-state index in [9.17, 15) is 14.7 Å². The van der Waals surface area contributed by atoms with Crippen LogP contribution in [0.2, 0.25) is 0 Å². The number of likely N-dealkylation sites (tertiary alicyclic amines) is 1. The molecule has 0 radical (unpaired) electrons. The van der Waals surface area contributed by atoms with Crippen LogP contribution in [0.5, 0.6) is 0 Å². The van der Waals surface area contributed by atoms with E-state index >= 15 is 0 Å². The zero-order valence-electron chi connectivity index (χ0n) is 14.5. The highest BCUT2D eigenvalue weighted by atomic mass is 16.4. The molecule has 0 spiro atoms. The van der Waals surface area contributed by atoms with Gasteiger partial charge in [-0.3, -0.25) is 4.79 Å². The standard InChI is InChI=1S/C20H24N2O3/c1-12-15(14-7-3-4-8-16(14)21-12)11-19(23)22-17-9-5-2-6-13(17)10-18(22)20(24)25/h3-4,7-8,13,17-18,21H,2,5-6,9-11H2,1H3,(H,24,25). The van der Waals surface area contributed by atoms with Gasteiger partial charge in [0.15, 0.2) is 0 Å². The number of aromatic amines is 1. The Morgan fingerprint density at radius 2 is 2.00 bits per heavy atom. The lowest BCUT2D eigenvalue weighted by molar-refractivity contribution is -0.149. The number of carboxylic acid groups (broad SMARTS) is 1. The van der Waals surface area contributed by atoms with Crippen molar-refractivity contribution in [3.8, 4) is 0 Å². The quantitative estimate of drug-likeness (QED) is 0.901. The van der Waals surface area contributed by atoms with E-state index in [1.165, 1.54) is 0 Å². The number of aliphatic carboxylic acids is 1. The summed E-state index contributed by atoms with van der Waals surface area (Å²) in [4.78, 5) is 29.9. The van der Waals surface area contributed by atoms with Crippen molar-refractivity contribution >= 4 is 22.8 Å². The maximum atomic E-state index is 13.1. The molecule has 5 nitrogen and oxygen atoms in total. The second-order valence-electron chi connectivity index (χ2n) is 7.45. The molecule has 1 saturated heterocycles. The summed E-state index contributed by atoms with van der Waals surface area (Å²) in [6.07, 6.45) is 5.10. The maximum absolute atomic E-state index is 13.1. The summed E-state index contributed by atoms with van der Waals surface area (Å²) in [5, 5.41) is 10.7. The van der Waals surface area contributed by atoms with Gasteiger partial charge in [0.05, 0.1) is 6.42 Å². The van der Waals surface area contributed by atoms with Crippen LogP contribution in [0.15, 0.2) is 24.3 Å². The number of hydrogen-bond acceptors (Lipinski definition) is 2. The number of amides is 1. The first-order valence-electron chi connectivity index (χ1n) is 9.16. The summed E-state index contributed by atoms with van der Waals surface area (Å²) in [6.45, 7) is 1.98. The molecule has 0 bridgehead atoms. The molecule has 2 aliphatic rings. The van der Waals surface area contributed by atoms with Gasteiger partial charge in [-0.15, -0.1) is 0 Å². The fraction of sp³-hybridized carbons (Fsp3) is 0.500. The number of para-hydroxylation sites is 1. The second kappa shape index (κ2) is 6.21. The monoisotopic (exact) mass is 340 g/mol. The van der Waals surface area contributed by atoms with Gasteiger partial charge >= 0.3 is 5.97 Å². The fourth-order valence-corrected chi connectivity index (χ4v) is 4.84. The minimum absolute atomic E-state index is 0.0466. The van der Waals surface area contributed by atoms with Gasteiger partial charge in [-0.1, -0.05) is 31.0 Å². The molecule has 25 heavy (non-hydrogen) atoms. The van der Waals surface area contributed by atoms with Gasteiger partial charge in [-0.05, 0) is 43.7 Å². The molecule has 1 aliphatic carbocycles. The Labute approximate surface area is 147 Å². The molecule has 1 aromatic heterocycles. The highest BCUT2D eigenvalue weighted by Gasteiger charge is 2.47. The Balaban J connectivity index is 1.64. The smallest absolute Gasteiger partial charge is 0.326 e. The number of aryl methyl sites for hydroxylation is 1. The fourth-order valence-electron chi connectivity index (χ4n) is 4.84. The number of nitrogens with one attached hydrogen (secondary N) is 1. The third-order valence-corrected chi connectivity index (χ3v) is 6.02. The number of benzene rings is 1. The molecule has 1 amide bonds. The van der Waals surface area contributed by atoms with E-state index in [1.54, 1.807) is 4.90 Å². The molecule has 1 aromatic carbocycles. The third-order valence-electron chi connectivity index (χ3n) is 6.02. The Morgan fingerprint density at radius 3 is 2.80 bits per heavy atom. The summed E-state index contributed by atoms with van der Waals surface area (Å²) >= 11 is 0. The van der Waals surface area contributed by atoms with E-state index in [0.29, 0.717) is 12.3 Å². The average molecular weight is 340 g/mol. The van der Waals surface area contributed by atoms with Gasteiger partial charge in [0.2, 0.25) is 5.91 Å². The number of nitrogens with zero attached hydrogens (tertiary/aromatic N) is 1. The molecular formula is C20H24N2O3. The lowest BCUT2D eigenvalue weighted by Gasteiger charge is -2.33. The van der Waals surface area contributed by atoms with Crippen molar-refractivity contribution in [2.24, 2.45) is 5.92 Å². The van der Waals surface area contributed by atoms with E-state index in [0.717, 1.165) is 47.8 Å². The van der Waals surface area contributed by atoms with Gasteiger partial charge in [0.1, 0.15) is 6.04 Å². The predicted octanol–water partition coefficient (Wildman–Crippen LogP) is 3.26. The largest absolute Gasteiger partial charge is 0.480 e. The minimum atomic E-state index is -0.863. The van der Waals surface area contributed by atoms with Crippen LogP contribution in [0.1, 0.15) is 43.4 Å². The molecule has 5 heteroatoms. The Bertz CT molecular complexity index is 825. The van der Waals surface area contributed by atoms with Gasteiger partial charge in [0.25, 0.3) is 0 Å². The summed E-state index contributed by atoms with van der Waals surface area (Å²) in [7, 11) is 0. The molecule has 2 N–H and O–H groups in total. The molecule has 3 unspecified atom stereocenters. The van der Waals surface area contributed by atoms with Crippen LogP contribution in [-0.2, 0) is 16.0 Å². The number of carbonyl (C=O) groups excluding carboxylic acids is 1. The first kappa shape index (κ1) is 16.2. The Hall–Kier alpha value is -2.30. The van der Waals surface area contributed by atoms with Crippen molar-refractivity contribution in [3.05, 3.63) is 35.5 Å². The van der Waals surface area contributed by atoms with E-state index in [2.05, 4.69) is 4.98 Å². The molecule has 1 saturated carbocycles. The van der Waals surface area contributed by atoms with Crippen LogP contribution in [-0.4, -0.2) is 39.0 Å². The number of fused-ring (bicyclic) bond motifs is 2. The lowest BCUT2D eigenvalue weighted by Crippen LogP contribution is -2.46. The highest BCUT2D eigenvalue weighted by Crippen LogP contribution is 2.40. The predicted molar refractivity (Wildman–Crippen MR) is 95.4 cm³/mol. The van der Waals surface area contributed by atoms with E-state index in [1.807, 2.05) is 31.2 Å². The summed E-state index contributed by atoms with van der Waals surface area (Å²) in [5.74, 6) is -0.559. The van der Waals surface area contributed by atoms with Crippen LogP contribution in [0.4, 0.5) is 0 Å². The average Bonchev–Trinajstić information content (AvgIpc) is 3.13. The van der Waals surface area contributed by atoms with Crippen LogP contribution >= 0.6 is 0 Å². The second-order valence-corrected chi connectivity index (χ2v) is 7.45. The third kappa shape index (κ3) is 2.71. The Morgan fingerprint density at radius 1 is 1.24 bits per heavy atom. The number of rotatable bonds is 3. The van der Waals surface area contributed by atoms with Crippen molar-refractivity contribution < 1.29 is 14.7 Å². The highest BCUT2D eigenvalue weighted by molar-refractivity contribution is 5.92. The van der Waals surface area contributed by atoms with Gasteiger partial charge in [0, 0.05) is 22.6 Å². The Kier molecular flexibility index (Phi) is 4.02. The SMILES string of the molecule is Cc1[nH]c2ccccc2c1CC(=O)N1C(C(=O)O)CC2CCCCC21. The number of carbonyl (C=O) groups is 2. The van der Waals surface area contributed by atoms with Gasteiger partial charge in [-0.2, -0.15) is 0 Å². The normalized spacial score (nSPS) is 26.0. The van der Waals surface area contributed by atoms with Crippen LogP contribution in [0.3, 0.4) is 0 Å². The summed E-state index contributed by atoms with van der Waals surface area (Å²) in [5.41, 5.74) is 3.00. The first-order chi connectivity index (χ1) is 12.1. The van der Waals surface area contributed by atoms with Gasteiger partial charge in [-0.25, -0.2) is 4.79 Å². The minimum Gasteiger partial charge on any atom is -0.480 e. The van der Waals surface area contributed by atoms with Crippen LogP contribution < -0.4 is 0 Å². The van der Waals surface area contributed by atoms with Crippen LogP contribution in [0, 0.1) is 12.8 Å².